The van der Waals surface area contributed by atoms with Crippen molar-refractivity contribution in [3.05, 3.63) is 88.6 Å². The Hall–Kier alpha value is -3.94. The number of aryl methyl sites for hydroxylation is 1. The van der Waals surface area contributed by atoms with Gasteiger partial charge in [0.1, 0.15) is 0 Å². The average Bonchev–Trinajstić information content (AvgIpc) is 2.80. The van der Waals surface area contributed by atoms with Crippen molar-refractivity contribution >= 4 is 23.3 Å². The zero-order chi connectivity index (χ0) is 22.3. The van der Waals surface area contributed by atoms with E-state index in [0.717, 1.165) is 24.1 Å². The minimum absolute atomic E-state index is 0.00126. The number of para-hydroxylation sites is 1. The number of urea groups is 1. The number of nitrogens with one attached hydrogen (secondary N) is 2. The van der Waals surface area contributed by atoms with E-state index in [1.807, 2.05) is 35.2 Å². The Morgan fingerprint density at radius 2 is 1.94 bits per heavy atom. The second-order valence-corrected chi connectivity index (χ2v) is 7.64. The molecule has 2 aromatic carbocycles. The zero-order valence-corrected chi connectivity index (χ0v) is 17.7. The van der Waals surface area contributed by atoms with E-state index in [4.69, 9.17) is 0 Å². The lowest BCUT2D eigenvalue weighted by Gasteiger charge is -2.29. The molecule has 32 heavy (non-hydrogen) atoms. The van der Waals surface area contributed by atoms with E-state index in [0.29, 0.717) is 18.8 Å². The number of anilines is 2. The summed E-state index contributed by atoms with van der Waals surface area (Å²) in [5, 5.41) is 5.51. The Morgan fingerprint density at radius 1 is 1.06 bits per heavy atom. The zero-order valence-electron chi connectivity index (χ0n) is 17.7. The Balaban J connectivity index is 1.28. The highest BCUT2D eigenvalue weighted by atomic mass is 16.2. The molecule has 8 nitrogen and oxygen atoms in total. The molecule has 0 fully saturated rings. The number of nitrogens with zero attached hydrogens (tertiary/aromatic N) is 3. The molecule has 164 valence electrons. The van der Waals surface area contributed by atoms with Crippen molar-refractivity contribution < 1.29 is 9.59 Å². The minimum Gasteiger partial charge on any atom is -0.337 e. The third kappa shape index (κ3) is 5.21. The fraction of sp³-hybridized carbons (Fsp3) is 0.250. The van der Waals surface area contributed by atoms with Gasteiger partial charge in [0.2, 0.25) is 5.91 Å². The topological polar surface area (TPSA) is 96.3 Å². The van der Waals surface area contributed by atoms with Crippen LogP contribution < -0.4 is 21.2 Å². The van der Waals surface area contributed by atoms with Gasteiger partial charge in [0.15, 0.2) is 0 Å². The van der Waals surface area contributed by atoms with Gasteiger partial charge in [-0.1, -0.05) is 30.3 Å². The average molecular weight is 431 g/mol. The standard InChI is InChI=1S/C24H25N5O3/c30-22(29-15-4-8-19-7-1-2-10-21(19)29)11-13-25-23(31)27-20-9-3-6-18(16-20)17-28-14-5-12-26-24(28)32/h1-3,5-7,9-10,12,14,16H,4,8,11,13,15,17H2,(H2,25,27,31). The van der Waals surface area contributed by atoms with Crippen LogP contribution in [0.5, 0.6) is 0 Å². The summed E-state index contributed by atoms with van der Waals surface area (Å²) >= 11 is 0. The molecule has 0 aliphatic carbocycles. The van der Waals surface area contributed by atoms with Gasteiger partial charge in [0.25, 0.3) is 0 Å². The van der Waals surface area contributed by atoms with Gasteiger partial charge in [-0.15, -0.1) is 0 Å². The largest absolute Gasteiger partial charge is 0.347 e. The second-order valence-electron chi connectivity index (χ2n) is 7.64. The lowest BCUT2D eigenvalue weighted by atomic mass is 10.0. The van der Waals surface area contributed by atoms with Crippen molar-refractivity contribution in [3.8, 4) is 0 Å². The second kappa shape index (κ2) is 9.91. The maximum absolute atomic E-state index is 12.7. The smallest absolute Gasteiger partial charge is 0.337 e. The molecule has 3 aromatic rings. The summed E-state index contributed by atoms with van der Waals surface area (Å²) in [7, 11) is 0. The van der Waals surface area contributed by atoms with Gasteiger partial charge in [0.05, 0.1) is 6.54 Å². The van der Waals surface area contributed by atoms with Crippen LogP contribution in [0, 0.1) is 0 Å². The molecule has 3 amide bonds. The van der Waals surface area contributed by atoms with E-state index in [1.54, 1.807) is 24.4 Å². The van der Waals surface area contributed by atoms with Crippen molar-refractivity contribution in [1.29, 1.82) is 0 Å². The number of hydrogen-bond donors (Lipinski definition) is 2. The minimum atomic E-state index is -0.382. The van der Waals surface area contributed by atoms with Crippen LogP contribution in [-0.2, 0) is 17.8 Å². The highest BCUT2D eigenvalue weighted by molar-refractivity contribution is 5.95. The van der Waals surface area contributed by atoms with Crippen molar-refractivity contribution in [2.45, 2.75) is 25.8 Å². The number of amides is 3. The fourth-order valence-electron chi connectivity index (χ4n) is 3.84. The summed E-state index contributed by atoms with van der Waals surface area (Å²) in [5.41, 5.74) is 3.29. The lowest BCUT2D eigenvalue weighted by molar-refractivity contribution is -0.118. The molecule has 4 rings (SSSR count). The number of hydrogen-bond acceptors (Lipinski definition) is 4. The van der Waals surface area contributed by atoms with E-state index in [9.17, 15) is 14.4 Å². The molecule has 8 heteroatoms. The first-order chi connectivity index (χ1) is 15.6. The molecule has 0 atom stereocenters. The lowest BCUT2D eigenvalue weighted by Crippen LogP contribution is -2.38. The highest BCUT2D eigenvalue weighted by Crippen LogP contribution is 2.27. The fourth-order valence-corrected chi connectivity index (χ4v) is 3.84. The third-order valence-electron chi connectivity index (χ3n) is 5.36. The van der Waals surface area contributed by atoms with Gasteiger partial charge in [-0.2, -0.15) is 0 Å². The van der Waals surface area contributed by atoms with Gasteiger partial charge in [-0.25, -0.2) is 14.6 Å². The molecule has 1 aromatic heterocycles. The molecule has 1 aliphatic heterocycles. The van der Waals surface area contributed by atoms with E-state index in [-0.39, 0.29) is 30.6 Å². The molecule has 0 bridgehead atoms. The number of aromatic nitrogens is 2. The molecule has 0 saturated carbocycles. The molecule has 0 unspecified atom stereocenters. The predicted octanol–water partition coefficient (Wildman–Crippen LogP) is 2.78. The summed E-state index contributed by atoms with van der Waals surface area (Å²) in [5.74, 6) is 0.00126. The van der Waals surface area contributed by atoms with Crippen molar-refractivity contribution in [2.24, 2.45) is 0 Å². The van der Waals surface area contributed by atoms with Crippen molar-refractivity contribution in [1.82, 2.24) is 14.9 Å². The predicted molar refractivity (Wildman–Crippen MR) is 123 cm³/mol. The van der Waals surface area contributed by atoms with Gasteiger partial charge in [0, 0.05) is 43.3 Å². The first kappa shape index (κ1) is 21.3. The molecule has 1 aliphatic rings. The summed E-state index contributed by atoms with van der Waals surface area (Å²) in [6.45, 7) is 1.30. The van der Waals surface area contributed by atoms with Crippen LogP contribution in [0.1, 0.15) is 24.0 Å². The Kier molecular flexibility index (Phi) is 6.60. The monoisotopic (exact) mass is 431 g/mol. The maximum atomic E-state index is 12.7. The quantitative estimate of drug-likeness (QED) is 0.627. The summed E-state index contributed by atoms with van der Waals surface area (Å²) in [6, 6.07) is 16.5. The molecular weight excluding hydrogens is 406 g/mol. The van der Waals surface area contributed by atoms with Gasteiger partial charge < -0.3 is 15.5 Å². The number of benzene rings is 2. The van der Waals surface area contributed by atoms with E-state index >= 15 is 0 Å². The molecular formula is C24H25N5O3. The van der Waals surface area contributed by atoms with Crippen LogP contribution in [0.4, 0.5) is 16.2 Å². The maximum Gasteiger partial charge on any atom is 0.347 e. The SMILES string of the molecule is O=C(NCCC(=O)N1CCCc2ccccc21)Nc1cccc(Cn2cccnc2=O)c1. The van der Waals surface area contributed by atoms with Crippen LogP contribution in [0.25, 0.3) is 0 Å². The van der Waals surface area contributed by atoms with Gasteiger partial charge >= 0.3 is 11.7 Å². The van der Waals surface area contributed by atoms with Crippen molar-refractivity contribution in [3.63, 3.8) is 0 Å². The number of fused-ring (bicyclic) bond motifs is 1. The van der Waals surface area contributed by atoms with Gasteiger partial charge in [-0.3, -0.25) is 9.36 Å². The Labute approximate surface area is 185 Å². The van der Waals surface area contributed by atoms with E-state index < -0.39 is 0 Å². The van der Waals surface area contributed by atoms with Crippen LogP contribution in [-0.4, -0.2) is 34.6 Å². The third-order valence-corrected chi connectivity index (χ3v) is 5.36. The summed E-state index contributed by atoms with van der Waals surface area (Å²) < 4.78 is 1.49. The summed E-state index contributed by atoms with van der Waals surface area (Å²) in [6.07, 6.45) is 5.27. The molecule has 0 spiro atoms. The van der Waals surface area contributed by atoms with Crippen LogP contribution in [0.2, 0.25) is 0 Å². The van der Waals surface area contributed by atoms with Crippen LogP contribution in [0.3, 0.4) is 0 Å². The molecule has 2 heterocycles. The highest BCUT2D eigenvalue weighted by Gasteiger charge is 2.21. The molecule has 2 N–H and O–H groups in total. The van der Waals surface area contributed by atoms with Crippen LogP contribution in [0.15, 0.2) is 71.8 Å². The first-order valence-corrected chi connectivity index (χ1v) is 10.6. The molecule has 0 radical (unpaired) electrons. The number of carbonyl (C=O) groups is 2. The summed E-state index contributed by atoms with van der Waals surface area (Å²) in [4.78, 5) is 42.3. The Morgan fingerprint density at radius 3 is 2.81 bits per heavy atom. The number of rotatable bonds is 6. The number of carbonyl (C=O) groups excluding carboxylic acids is 2. The van der Waals surface area contributed by atoms with E-state index in [2.05, 4.69) is 21.7 Å². The normalized spacial score (nSPS) is 12.7. The Bertz CT molecular complexity index is 1170. The molecule has 0 saturated heterocycles. The van der Waals surface area contributed by atoms with Crippen molar-refractivity contribution in [2.75, 3.05) is 23.3 Å². The van der Waals surface area contributed by atoms with E-state index in [1.165, 1.54) is 16.3 Å². The van der Waals surface area contributed by atoms with Crippen LogP contribution >= 0.6 is 0 Å². The van der Waals surface area contributed by atoms with Gasteiger partial charge in [-0.05, 0) is 48.2 Å². The first-order valence-electron chi connectivity index (χ1n) is 10.6.